The van der Waals surface area contributed by atoms with Gasteiger partial charge in [-0.15, -0.1) is 0 Å². The minimum atomic E-state index is -0.970. The van der Waals surface area contributed by atoms with E-state index in [-0.39, 0.29) is 0 Å². The van der Waals surface area contributed by atoms with Crippen molar-refractivity contribution in [2.24, 2.45) is 0 Å². The van der Waals surface area contributed by atoms with Crippen LogP contribution < -0.4 is 0 Å². The molecule has 1 heterocycles. The van der Waals surface area contributed by atoms with Crippen molar-refractivity contribution in [3.8, 4) is 29.6 Å². The van der Waals surface area contributed by atoms with Gasteiger partial charge >= 0.3 is 0 Å². The second kappa shape index (κ2) is 9.50. The molecule has 2 rings (SSSR count). The first kappa shape index (κ1) is 20.1. The van der Waals surface area contributed by atoms with Gasteiger partial charge in [0.05, 0.1) is 11.8 Å². The lowest BCUT2D eigenvalue weighted by Gasteiger charge is -2.19. The molecule has 138 valence electrons. The molecule has 0 fully saturated rings. The average molecular weight is 363 g/mol. The van der Waals surface area contributed by atoms with E-state index in [1.54, 1.807) is 25.3 Å². The van der Waals surface area contributed by atoms with Crippen LogP contribution in [0, 0.1) is 34.0 Å². The van der Waals surface area contributed by atoms with Crippen LogP contribution >= 0.6 is 0 Å². The number of ether oxygens (including phenoxy) is 2. The Balaban J connectivity index is 2.83. The van der Waals surface area contributed by atoms with Crippen LogP contribution in [-0.4, -0.2) is 22.8 Å². The lowest BCUT2D eigenvalue weighted by molar-refractivity contribution is 0.0807. The van der Waals surface area contributed by atoms with E-state index in [4.69, 9.17) is 9.47 Å². The van der Waals surface area contributed by atoms with Crippen LogP contribution in [0.25, 0.3) is 11.4 Å². The maximum Gasteiger partial charge on any atom is 0.187 e. The molecule has 7 heteroatoms. The van der Waals surface area contributed by atoms with Gasteiger partial charge in [0.1, 0.15) is 29.7 Å². The molecule has 0 amide bonds. The van der Waals surface area contributed by atoms with Gasteiger partial charge in [-0.25, -0.2) is 4.98 Å². The topological polar surface area (TPSA) is 108 Å². The highest BCUT2D eigenvalue weighted by Gasteiger charge is 2.32. The molecule has 0 bridgehead atoms. The summed E-state index contributed by atoms with van der Waals surface area (Å²) in [6, 6.07) is 15.1. The van der Waals surface area contributed by atoms with E-state index >= 15 is 0 Å². The van der Waals surface area contributed by atoms with Crippen molar-refractivity contribution in [1.29, 1.82) is 15.8 Å². The molecule has 0 radical (unpaired) electrons. The summed E-state index contributed by atoms with van der Waals surface area (Å²) in [5.41, 5.74) is 1.46. The molecule has 0 N–H and O–H groups in total. The predicted molar refractivity (Wildman–Crippen MR) is 97.9 cm³/mol. The van der Waals surface area contributed by atoms with Gasteiger partial charge in [-0.3, -0.25) is 0 Å². The molecular weight excluding hydrogens is 342 g/mol. The molecule has 0 spiro atoms. The molecule has 3 unspecified atom stereocenters. The van der Waals surface area contributed by atoms with Crippen LogP contribution in [0.1, 0.15) is 50.4 Å². The molecule has 2 aromatic rings. The molecule has 0 saturated heterocycles. The molecule has 3 atom stereocenters. The molecule has 27 heavy (non-hydrogen) atoms. The Morgan fingerprint density at radius 3 is 2.07 bits per heavy atom. The van der Waals surface area contributed by atoms with Gasteiger partial charge in [-0.1, -0.05) is 30.3 Å². The van der Waals surface area contributed by atoms with Crippen molar-refractivity contribution in [3.63, 3.8) is 0 Å². The highest BCUT2D eigenvalue weighted by atomic mass is 16.5. The lowest BCUT2D eigenvalue weighted by atomic mass is 10.1. The third kappa shape index (κ3) is 4.15. The van der Waals surface area contributed by atoms with Crippen LogP contribution in [0.3, 0.4) is 0 Å². The lowest BCUT2D eigenvalue weighted by Crippen LogP contribution is -2.16. The van der Waals surface area contributed by atoms with E-state index < -0.39 is 18.2 Å². The highest BCUT2D eigenvalue weighted by molar-refractivity contribution is 5.58. The van der Waals surface area contributed by atoms with Crippen LogP contribution in [0.15, 0.2) is 30.3 Å². The molecule has 0 aliphatic heterocycles. The number of imidazole rings is 1. The molecule has 0 aliphatic rings. The Bertz CT molecular complexity index is 886. The van der Waals surface area contributed by atoms with Crippen LogP contribution in [0.2, 0.25) is 0 Å². The fourth-order valence-corrected chi connectivity index (χ4v) is 2.84. The quantitative estimate of drug-likeness (QED) is 0.705. The Labute approximate surface area is 159 Å². The van der Waals surface area contributed by atoms with Gasteiger partial charge < -0.3 is 14.0 Å². The Hall–Kier alpha value is -3.18. The van der Waals surface area contributed by atoms with Crippen molar-refractivity contribution in [3.05, 3.63) is 41.7 Å². The first-order valence-electron chi connectivity index (χ1n) is 8.72. The normalized spacial score (nSPS) is 13.8. The number of hydrogen-bond acceptors (Lipinski definition) is 6. The van der Waals surface area contributed by atoms with Gasteiger partial charge in [-0.05, 0) is 20.8 Å². The Morgan fingerprint density at radius 2 is 1.56 bits per heavy atom. The van der Waals surface area contributed by atoms with E-state index in [1.165, 1.54) is 0 Å². The zero-order chi connectivity index (χ0) is 19.8. The van der Waals surface area contributed by atoms with E-state index in [1.807, 2.05) is 30.3 Å². The number of nitrogens with zero attached hydrogens (tertiary/aromatic N) is 5. The molecule has 1 aromatic heterocycles. The van der Waals surface area contributed by atoms with E-state index in [9.17, 15) is 15.8 Å². The van der Waals surface area contributed by atoms with Crippen molar-refractivity contribution >= 4 is 0 Å². The van der Waals surface area contributed by atoms with Crippen molar-refractivity contribution in [2.75, 3.05) is 13.2 Å². The van der Waals surface area contributed by atoms with Crippen LogP contribution in [0.4, 0.5) is 0 Å². The second-order valence-corrected chi connectivity index (χ2v) is 5.68. The minimum absolute atomic E-state index is 0.302. The second-order valence-electron chi connectivity index (χ2n) is 5.68. The van der Waals surface area contributed by atoms with Crippen LogP contribution in [-0.2, 0) is 9.47 Å². The number of aromatic nitrogens is 2. The summed E-state index contributed by atoms with van der Waals surface area (Å²) in [5, 5.41) is 28.8. The van der Waals surface area contributed by atoms with Gasteiger partial charge in [0, 0.05) is 18.8 Å². The van der Waals surface area contributed by atoms with Crippen molar-refractivity contribution in [1.82, 2.24) is 9.55 Å². The van der Waals surface area contributed by atoms with Crippen molar-refractivity contribution in [2.45, 2.75) is 39.0 Å². The summed E-state index contributed by atoms with van der Waals surface area (Å²) >= 11 is 0. The van der Waals surface area contributed by atoms with Gasteiger partial charge in [0.25, 0.3) is 0 Å². The maximum absolute atomic E-state index is 9.66. The minimum Gasteiger partial charge on any atom is -0.357 e. The summed E-state index contributed by atoms with van der Waals surface area (Å²) in [7, 11) is 0. The number of rotatable bonds is 8. The molecule has 1 aromatic carbocycles. The van der Waals surface area contributed by atoms with E-state index in [2.05, 4.69) is 23.2 Å². The van der Waals surface area contributed by atoms with Crippen LogP contribution in [0.5, 0.6) is 0 Å². The predicted octanol–water partition coefficient (Wildman–Crippen LogP) is 3.84. The fraction of sp³-hybridized carbons (Fsp3) is 0.400. The summed E-state index contributed by atoms with van der Waals surface area (Å²) < 4.78 is 12.8. The van der Waals surface area contributed by atoms with Gasteiger partial charge in [0.15, 0.2) is 12.2 Å². The monoisotopic (exact) mass is 363 g/mol. The number of nitriles is 3. The van der Waals surface area contributed by atoms with Gasteiger partial charge in [0.2, 0.25) is 0 Å². The fourth-order valence-electron chi connectivity index (χ4n) is 2.84. The van der Waals surface area contributed by atoms with Crippen molar-refractivity contribution < 1.29 is 9.47 Å². The maximum atomic E-state index is 9.66. The summed E-state index contributed by atoms with van der Waals surface area (Å²) in [6.07, 6.45) is -1.93. The smallest absolute Gasteiger partial charge is 0.187 e. The largest absolute Gasteiger partial charge is 0.357 e. The molecule has 7 nitrogen and oxygen atoms in total. The zero-order valence-corrected chi connectivity index (χ0v) is 15.6. The third-order valence-electron chi connectivity index (χ3n) is 3.98. The molecular formula is C20H21N5O2. The molecule has 0 aliphatic carbocycles. The zero-order valence-electron chi connectivity index (χ0n) is 15.6. The highest BCUT2D eigenvalue weighted by Crippen LogP contribution is 2.35. The van der Waals surface area contributed by atoms with E-state index in [0.29, 0.717) is 30.4 Å². The Morgan fingerprint density at radius 1 is 0.963 bits per heavy atom. The standard InChI is InChI=1S/C20H21N5O2/c1-4-26-16(12-22)18-19(17(13-23)27-5-2)25(14(3)11-21)20(24-18)15-9-7-6-8-10-15/h6-10,14,16-17H,4-5H2,1-3H3. The molecule has 0 saturated carbocycles. The average Bonchev–Trinajstić information content (AvgIpc) is 3.10. The Kier molecular flexibility index (Phi) is 7.08. The third-order valence-corrected chi connectivity index (χ3v) is 3.98. The number of benzene rings is 1. The first-order chi connectivity index (χ1) is 13.1. The number of hydrogen-bond donors (Lipinski definition) is 0. The summed E-state index contributed by atoms with van der Waals surface area (Å²) in [5.74, 6) is 0.495. The summed E-state index contributed by atoms with van der Waals surface area (Å²) in [6.45, 7) is 5.88. The van der Waals surface area contributed by atoms with E-state index in [0.717, 1.165) is 5.56 Å². The summed E-state index contributed by atoms with van der Waals surface area (Å²) in [4.78, 5) is 4.62. The van der Waals surface area contributed by atoms with Gasteiger partial charge in [-0.2, -0.15) is 15.8 Å². The SMILES string of the molecule is CCOC(C#N)c1nc(-c2ccccc2)n(C(C)C#N)c1C(C#N)OCC. The first-order valence-corrected chi connectivity index (χ1v) is 8.72.